The molecule has 0 radical (unpaired) electrons. The lowest BCUT2D eigenvalue weighted by Gasteiger charge is -2.09. The number of anilines is 2. The van der Waals surface area contributed by atoms with Crippen LogP contribution in [0.25, 0.3) is 11.3 Å². The van der Waals surface area contributed by atoms with Gasteiger partial charge in [-0.3, -0.25) is 0 Å². The number of sulfonamides is 1. The molecule has 0 spiro atoms. The number of hydrogen-bond donors (Lipinski definition) is 3. The average molecular weight is 509 g/mol. The van der Waals surface area contributed by atoms with Gasteiger partial charge in [-0.1, -0.05) is 35.3 Å². The van der Waals surface area contributed by atoms with E-state index in [1.54, 1.807) is 42.6 Å². The number of nitrogens with zero attached hydrogens (tertiary/aromatic N) is 2. The van der Waals surface area contributed by atoms with Crippen molar-refractivity contribution in [3.8, 4) is 11.3 Å². The van der Waals surface area contributed by atoms with Gasteiger partial charge in [-0.15, -0.1) is 0 Å². The van der Waals surface area contributed by atoms with Crippen molar-refractivity contribution in [1.82, 2.24) is 9.97 Å². The lowest BCUT2D eigenvalue weighted by molar-refractivity contribution is -0.192. The van der Waals surface area contributed by atoms with Crippen LogP contribution in [0.4, 0.5) is 24.8 Å². The first kappa shape index (κ1) is 25.3. The minimum Gasteiger partial charge on any atom is -0.475 e. The molecule has 0 unspecified atom stereocenters. The summed E-state index contributed by atoms with van der Waals surface area (Å²) < 4.78 is 54.3. The molecule has 0 aliphatic rings. The summed E-state index contributed by atoms with van der Waals surface area (Å²) >= 11 is 12.3. The van der Waals surface area contributed by atoms with E-state index in [9.17, 15) is 21.6 Å². The molecule has 0 saturated heterocycles. The van der Waals surface area contributed by atoms with E-state index in [2.05, 4.69) is 15.3 Å². The van der Waals surface area contributed by atoms with E-state index in [1.165, 1.54) is 12.1 Å². The second-order valence-corrected chi connectivity index (χ2v) is 8.21. The smallest absolute Gasteiger partial charge is 0.475 e. The molecule has 0 atom stereocenters. The zero-order valence-corrected chi connectivity index (χ0v) is 18.0. The van der Waals surface area contributed by atoms with E-state index in [1.807, 2.05) is 0 Å². The number of aromatic nitrogens is 2. The molecule has 1 aromatic heterocycles. The first-order valence-corrected chi connectivity index (χ1v) is 10.6. The van der Waals surface area contributed by atoms with Crippen molar-refractivity contribution >= 4 is 50.8 Å². The number of nitrogens with one attached hydrogen (secondary N) is 1. The fraction of sp³-hybridized carbons (Fsp3) is 0.0556. The lowest BCUT2D eigenvalue weighted by atomic mass is 10.1. The van der Waals surface area contributed by atoms with Crippen molar-refractivity contribution in [3.05, 3.63) is 64.8 Å². The molecule has 32 heavy (non-hydrogen) atoms. The van der Waals surface area contributed by atoms with Gasteiger partial charge in [0.25, 0.3) is 0 Å². The number of hydrogen-bond acceptors (Lipinski definition) is 6. The Kier molecular flexibility index (Phi) is 8.02. The Morgan fingerprint density at radius 1 is 1.06 bits per heavy atom. The van der Waals surface area contributed by atoms with Crippen LogP contribution in [0.3, 0.4) is 0 Å². The average Bonchev–Trinajstić information content (AvgIpc) is 2.70. The molecule has 4 N–H and O–H groups in total. The minimum absolute atomic E-state index is 0.0263. The lowest BCUT2D eigenvalue weighted by Crippen LogP contribution is -2.21. The van der Waals surface area contributed by atoms with Gasteiger partial charge in [-0.2, -0.15) is 13.2 Å². The second-order valence-electron chi connectivity index (χ2n) is 5.86. The maximum atomic E-state index is 11.3. The van der Waals surface area contributed by atoms with Gasteiger partial charge in [0.1, 0.15) is 0 Å². The van der Waals surface area contributed by atoms with E-state index in [4.69, 9.17) is 38.2 Å². The van der Waals surface area contributed by atoms with Crippen molar-refractivity contribution in [1.29, 1.82) is 0 Å². The molecule has 1 heterocycles. The molecule has 0 amide bonds. The van der Waals surface area contributed by atoms with E-state index < -0.39 is 22.2 Å². The molecule has 8 nitrogen and oxygen atoms in total. The number of carbonyl (C=O) groups is 1. The van der Waals surface area contributed by atoms with Gasteiger partial charge < -0.3 is 10.4 Å². The molecule has 0 aliphatic heterocycles. The highest BCUT2D eigenvalue weighted by atomic mass is 35.5. The summed E-state index contributed by atoms with van der Waals surface area (Å²) in [5.74, 6) is -2.43. The number of alkyl halides is 3. The molecule has 3 aromatic rings. The van der Waals surface area contributed by atoms with Gasteiger partial charge in [0, 0.05) is 17.4 Å². The van der Waals surface area contributed by atoms with Gasteiger partial charge in [0.15, 0.2) is 0 Å². The van der Waals surface area contributed by atoms with Gasteiger partial charge in [0.2, 0.25) is 16.0 Å². The highest BCUT2D eigenvalue weighted by Gasteiger charge is 2.38. The van der Waals surface area contributed by atoms with Crippen LogP contribution in [0.5, 0.6) is 0 Å². The first-order chi connectivity index (χ1) is 14.8. The maximum absolute atomic E-state index is 11.3. The second kappa shape index (κ2) is 10.1. The monoisotopic (exact) mass is 508 g/mol. The van der Waals surface area contributed by atoms with Crippen LogP contribution < -0.4 is 10.5 Å². The van der Waals surface area contributed by atoms with Gasteiger partial charge >= 0.3 is 12.1 Å². The Balaban J connectivity index is 0.000000451. The summed E-state index contributed by atoms with van der Waals surface area (Å²) in [6.07, 6.45) is -3.50. The molecule has 0 saturated carbocycles. The van der Waals surface area contributed by atoms with Crippen molar-refractivity contribution in [2.45, 2.75) is 11.1 Å². The summed E-state index contributed by atoms with van der Waals surface area (Å²) in [6.45, 7) is 0. The van der Waals surface area contributed by atoms with Gasteiger partial charge in [0.05, 0.1) is 20.6 Å². The molecule has 0 fully saturated rings. The first-order valence-electron chi connectivity index (χ1n) is 8.26. The number of primary sulfonamides is 1. The Morgan fingerprint density at radius 3 is 2.19 bits per heavy atom. The summed E-state index contributed by atoms with van der Waals surface area (Å²) in [7, 11) is -3.73. The largest absolute Gasteiger partial charge is 0.490 e. The minimum atomic E-state index is -5.08. The van der Waals surface area contributed by atoms with Crippen molar-refractivity contribution in [2.75, 3.05) is 5.32 Å². The van der Waals surface area contributed by atoms with Crippen molar-refractivity contribution in [3.63, 3.8) is 0 Å². The van der Waals surface area contributed by atoms with Crippen LogP contribution in [0, 0.1) is 0 Å². The maximum Gasteiger partial charge on any atom is 0.490 e. The normalized spacial score (nSPS) is 11.3. The number of halogens is 5. The summed E-state index contributed by atoms with van der Waals surface area (Å²) in [4.78, 5) is 17.5. The summed E-state index contributed by atoms with van der Waals surface area (Å²) in [6, 6.07) is 12.9. The fourth-order valence-electron chi connectivity index (χ4n) is 2.13. The molecule has 170 valence electrons. The Hall–Kier alpha value is -2.93. The predicted molar refractivity (Wildman–Crippen MR) is 112 cm³/mol. The van der Waals surface area contributed by atoms with Crippen LogP contribution in [0.1, 0.15) is 0 Å². The zero-order valence-electron chi connectivity index (χ0n) is 15.6. The molecule has 2 aromatic carbocycles. The van der Waals surface area contributed by atoms with Crippen LogP contribution >= 0.6 is 23.2 Å². The van der Waals surface area contributed by atoms with Crippen LogP contribution in [0.15, 0.2) is 59.6 Å². The van der Waals surface area contributed by atoms with Crippen LogP contribution in [-0.2, 0) is 14.8 Å². The Morgan fingerprint density at radius 2 is 1.66 bits per heavy atom. The number of carboxylic acids is 1. The van der Waals surface area contributed by atoms with E-state index in [0.717, 1.165) is 0 Å². The van der Waals surface area contributed by atoms with E-state index in [0.29, 0.717) is 32.9 Å². The molecule has 0 bridgehead atoms. The third kappa shape index (κ3) is 7.05. The number of benzene rings is 2. The highest BCUT2D eigenvalue weighted by molar-refractivity contribution is 7.89. The van der Waals surface area contributed by atoms with E-state index >= 15 is 0 Å². The van der Waals surface area contributed by atoms with Crippen LogP contribution in [-0.4, -0.2) is 35.6 Å². The van der Waals surface area contributed by atoms with E-state index in [-0.39, 0.29) is 4.90 Å². The highest BCUT2D eigenvalue weighted by Crippen LogP contribution is 2.32. The number of nitrogens with two attached hydrogens (primary N) is 1. The number of carboxylic acid groups (broad SMARTS) is 1. The molecule has 0 aliphatic carbocycles. The van der Waals surface area contributed by atoms with Crippen LogP contribution in [0.2, 0.25) is 10.0 Å². The standard InChI is InChI=1S/C16H12Cl2N4O2S.C2HF3O2/c17-13-3-1-2-12(15(13)18)14-8-9-20-16(22-14)21-10-4-6-11(7-5-10)25(19,23)24;3-2(4,5)1(6)7/h1-9H,(H2,19,23,24)(H,20,21,22);(H,6,7). The Bertz CT molecular complexity index is 1220. The summed E-state index contributed by atoms with van der Waals surface area (Å²) in [5, 5.41) is 16.0. The van der Waals surface area contributed by atoms with Gasteiger partial charge in [-0.25, -0.2) is 28.3 Å². The SMILES string of the molecule is NS(=O)(=O)c1ccc(Nc2nccc(-c3cccc(Cl)c3Cl)n2)cc1.O=C(O)C(F)(F)F. The quantitative estimate of drug-likeness (QED) is 0.472. The fourth-order valence-corrected chi connectivity index (χ4v) is 3.04. The molecule has 3 rings (SSSR count). The summed E-state index contributed by atoms with van der Waals surface area (Å²) in [5.41, 5.74) is 1.90. The molecular weight excluding hydrogens is 496 g/mol. The van der Waals surface area contributed by atoms with Crippen molar-refractivity contribution < 1.29 is 31.5 Å². The van der Waals surface area contributed by atoms with Crippen molar-refractivity contribution in [2.24, 2.45) is 5.14 Å². The Labute approximate surface area is 189 Å². The molecule has 14 heteroatoms. The predicted octanol–water partition coefficient (Wildman–Crippen LogP) is 4.47. The molecular formula is C18H13Cl2F3N4O4S. The third-order valence-electron chi connectivity index (χ3n) is 3.56. The number of rotatable bonds is 4. The van der Waals surface area contributed by atoms with Gasteiger partial charge in [-0.05, 0) is 36.4 Å². The third-order valence-corrected chi connectivity index (χ3v) is 5.31. The zero-order chi connectivity index (χ0) is 24.1. The topological polar surface area (TPSA) is 135 Å². The number of aliphatic carboxylic acids is 1.